The summed E-state index contributed by atoms with van der Waals surface area (Å²) in [4.78, 5) is 10.3. The highest BCUT2D eigenvalue weighted by Crippen LogP contribution is 2.21. The van der Waals surface area contributed by atoms with Crippen LogP contribution >= 0.6 is 22.6 Å². The second-order valence-corrected chi connectivity index (χ2v) is 3.26. The van der Waals surface area contributed by atoms with Crippen LogP contribution in [0, 0.1) is 26.5 Å². The number of benzene rings is 1. The lowest BCUT2D eigenvalue weighted by Crippen LogP contribution is -1.98. The van der Waals surface area contributed by atoms with Gasteiger partial charge in [0.2, 0.25) is 0 Å². The Bertz CT molecular complexity index is 412. The average molecular weight is 293 g/mol. The molecule has 0 aliphatic heterocycles. The number of carbonyl (C=O) groups is 1. The molecule has 1 rings (SSSR count). The summed E-state index contributed by atoms with van der Waals surface area (Å²) in [5.41, 5.74) is -0.629. The van der Waals surface area contributed by atoms with Crippen molar-refractivity contribution in [2.24, 2.45) is 0 Å². The zero-order valence-corrected chi connectivity index (χ0v) is 8.30. The highest BCUT2D eigenvalue weighted by molar-refractivity contribution is 14.1. The maximum Gasteiger partial charge on any atom is 0.157 e. The van der Waals surface area contributed by atoms with Gasteiger partial charge in [-0.3, -0.25) is 4.79 Å². The van der Waals surface area contributed by atoms with E-state index in [1.165, 1.54) is 28.7 Å². The van der Waals surface area contributed by atoms with Crippen LogP contribution in [0.1, 0.15) is 15.9 Å². The molecule has 0 spiro atoms. The minimum Gasteiger partial charge on any atom is -0.298 e. The fourth-order valence-electron chi connectivity index (χ4n) is 0.791. The van der Waals surface area contributed by atoms with E-state index in [2.05, 4.69) is 0 Å². The molecule has 0 saturated heterocycles. The molecule has 66 valence electrons. The Balaban J connectivity index is 3.56. The largest absolute Gasteiger partial charge is 0.298 e. The van der Waals surface area contributed by atoms with Gasteiger partial charge in [-0.15, -0.1) is 0 Å². The number of aldehydes is 1. The maximum atomic E-state index is 13.0. The zero-order valence-electron chi connectivity index (χ0n) is 6.14. The van der Waals surface area contributed by atoms with Crippen molar-refractivity contribution in [3.8, 4) is 6.07 Å². The average Bonchev–Trinajstić information content (AvgIpc) is 2.15. The predicted molar refractivity (Wildman–Crippen MR) is 49.2 cm³/mol. The lowest BCUT2D eigenvalue weighted by molar-refractivity contribution is 0.111. The third-order valence-corrected chi connectivity index (χ3v) is 2.37. The second-order valence-electron chi connectivity index (χ2n) is 2.18. The third kappa shape index (κ3) is 1.67. The van der Waals surface area contributed by atoms with Gasteiger partial charge in [0, 0.05) is 0 Å². The fourth-order valence-corrected chi connectivity index (χ4v) is 1.39. The normalized spacial score (nSPS) is 9.38. The Morgan fingerprint density at radius 3 is 2.54 bits per heavy atom. The molecular weight excluding hydrogens is 291 g/mol. The van der Waals surface area contributed by atoms with Gasteiger partial charge in [0.05, 0.1) is 14.7 Å². The lowest BCUT2D eigenvalue weighted by atomic mass is 10.1. The van der Waals surface area contributed by atoms with E-state index in [1.54, 1.807) is 0 Å². The monoisotopic (exact) mass is 293 g/mol. The summed E-state index contributed by atoms with van der Waals surface area (Å²) in [6, 6.07) is 2.42. The van der Waals surface area contributed by atoms with Gasteiger partial charge in [-0.25, -0.2) is 8.78 Å². The van der Waals surface area contributed by atoms with E-state index in [-0.39, 0.29) is 21.0 Å². The molecule has 13 heavy (non-hydrogen) atoms. The number of hydrogen-bond donors (Lipinski definition) is 0. The number of halogens is 3. The highest BCUT2D eigenvalue weighted by atomic mass is 127. The third-order valence-electron chi connectivity index (χ3n) is 1.42. The molecule has 0 bridgehead atoms. The molecule has 0 radical (unpaired) electrons. The highest BCUT2D eigenvalue weighted by Gasteiger charge is 2.15. The summed E-state index contributed by atoms with van der Waals surface area (Å²) in [7, 11) is 0. The number of carbonyl (C=O) groups excluding carboxylic acids is 1. The van der Waals surface area contributed by atoms with E-state index in [1.807, 2.05) is 0 Å². The molecule has 0 heterocycles. The molecule has 1 aromatic rings. The van der Waals surface area contributed by atoms with Crippen molar-refractivity contribution in [3.05, 3.63) is 32.4 Å². The van der Waals surface area contributed by atoms with Gasteiger partial charge in [0.25, 0.3) is 0 Å². The molecule has 0 aromatic heterocycles. The van der Waals surface area contributed by atoms with Crippen LogP contribution < -0.4 is 0 Å². The molecular formula is C8H2F2INO. The molecule has 0 N–H and O–H groups in total. The first-order chi connectivity index (χ1) is 6.11. The molecule has 0 unspecified atom stereocenters. The van der Waals surface area contributed by atoms with Crippen LogP contribution in [-0.2, 0) is 0 Å². The van der Waals surface area contributed by atoms with Crippen LogP contribution in [0.15, 0.2) is 6.07 Å². The Morgan fingerprint density at radius 2 is 2.08 bits per heavy atom. The smallest absolute Gasteiger partial charge is 0.157 e. The van der Waals surface area contributed by atoms with Crippen molar-refractivity contribution < 1.29 is 13.6 Å². The predicted octanol–water partition coefficient (Wildman–Crippen LogP) is 2.25. The minimum atomic E-state index is -0.925. The summed E-state index contributed by atoms with van der Waals surface area (Å²) in [6.45, 7) is 0. The Labute approximate surface area is 86.3 Å². The van der Waals surface area contributed by atoms with E-state index < -0.39 is 11.6 Å². The molecule has 0 atom stereocenters. The quantitative estimate of drug-likeness (QED) is 0.453. The van der Waals surface area contributed by atoms with E-state index in [0.717, 1.165) is 6.07 Å². The van der Waals surface area contributed by atoms with Gasteiger partial charge in [-0.1, -0.05) is 0 Å². The van der Waals surface area contributed by atoms with Crippen molar-refractivity contribution in [3.63, 3.8) is 0 Å². The summed E-state index contributed by atoms with van der Waals surface area (Å²) in [6.07, 6.45) is 0.248. The van der Waals surface area contributed by atoms with Gasteiger partial charge in [0.1, 0.15) is 11.9 Å². The number of hydrogen-bond acceptors (Lipinski definition) is 2. The number of rotatable bonds is 1. The van der Waals surface area contributed by atoms with Crippen LogP contribution in [0.4, 0.5) is 8.78 Å². The summed E-state index contributed by atoms with van der Waals surface area (Å²) in [5.74, 6) is -1.85. The van der Waals surface area contributed by atoms with Gasteiger partial charge in [-0.05, 0) is 28.7 Å². The van der Waals surface area contributed by atoms with Gasteiger partial charge < -0.3 is 0 Å². The minimum absolute atomic E-state index is 0.248. The molecule has 0 fully saturated rings. The Morgan fingerprint density at radius 1 is 1.46 bits per heavy atom. The molecule has 0 aliphatic rings. The van der Waals surface area contributed by atoms with Crippen molar-refractivity contribution in [2.75, 3.05) is 0 Å². The first-order valence-electron chi connectivity index (χ1n) is 3.14. The summed E-state index contributed by atoms with van der Waals surface area (Å²) < 4.78 is 25.6. The fraction of sp³-hybridized carbons (Fsp3) is 0. The zero-order chi connectivity index (χ0) is 10.0. The van der Waals surface area contributed by atoms with Gasteiger partial charge in [0.15, 0.2) is 12.1 Å². The SMILES string of the molecule is N#Cc1cc(C=O)c(F)c(I)c1F. The van der Waals surface area contributed by atoms with Crippen molar-refractivity contribution in [1.29, 1.82) is 5.26 Å². The molecule has 0 saturated carbocycles. The van der Waals surface area contributed by atoms with E-state index in [9.17, 15) is 13.6 Å². The molecule has 0 amide bonds. The second kappa shape index (κ2) is 3.79. The van der Waals surface area contributed by atoms with Crippen LogP contribution in [0.2, 0.25) is 0 Å². The Kier molecular flexibility index (Phi) is 2.93. The van der Waals surface area contributed by atoms with Crippen molar-refractivity contribution in [2.45, 2.75) is 0 Å². The first kappa shape index (κ1) is 10.1. The number of nitriles is 1. The Hall–Kier alpha value is -1.03. The maximum absolute atomic E-state index is 13.0. The van der Waals surface area contributed by atoms with Gasteiger partial charge in [-0.2, -0.15) is 5.26 Å². The van der Waals surface area contributed by atoms with Gasteiger partial charge >= 0.3 is 0 Å². The summed E-state index contributed by atoms with van der Waals surface area (Å²) in [5, 5.41) is 8.42. The van der Waals surface area contributed by atoms with Crippen LogP contribution in [0.5, 0.6) is 0 Å². The van der Waals surface area contributed by atoms with E-state index in [0.29, 0.717) is 0 Å². The van der Waals surface area contributed by atoms with E-state index in [4.69, 9.17) is 5.26 Å². The lowest BCUT2D eigenvalue weighted by Gasteiger charge is -2.00. The summed E-state index contributed by atoms with van der Waals surface area (Å²) >= 11 is 1.41. The topological polar surface area (TPSA) is 40.9 Å². The first-order valence-corrected chi connectivity index (χ1v) is 4.22. The molecule has 5 heteroatoms. The molecule has 2 nitrogen and oxygen atoms in total. The van der Waals surface area contributed by atoms with Crippen LogP contribution in [-0.4, -0.2) is 6.29 Å². The standard InChI is InChI=1S/C8H2F2INO/c9-6-4(2-12)1-5(3-13)7(10)8(6)11/h1,3H. The molecule has 0 aliphatic carbocycles. The van der Waals surface area contributed by atoms with Crippen molar-refractivity contribution in [1.82, 2.24) is 0 Å². The van der Waals surface area contributed by atoms with Crippen molar-refractivity contribution >= 4 is 28.9 Å². The van der Waals surface area contributed by atoms with E-state index >= 15 is 0 Å². The molecule has 1 aromatic carbocycles. The van der Waals surface area contributed by atoms with Crippen LogP contribution in [0.25, 0.3) is 0 Å². The number of nitrogens with zero attached hydrogens (tertiary/aromatic N) is 1. The van der Waals surface area contributed by atoms with Crippen LogP contribution in [0.3, 0.4) is 0 Å².